The third kappa shape index (κ3) is 4.26. The van der Waals surface area contributed by atoms with Crippen molar-refractivity contribution < 1.29 is 13.2 Å². The molecule has 0 atom stereocenters. The Kier molecular flexibility index (Phi) is 5.51. The molecule has 1 aliphatic carbocycles. The van der Waals surface area contributed by atoms with E-state index in [1.54, 1.807) is 6.07 Å². The molecule has 1 aliphatic rings. The largest absolute Gasteiger partial charge is 0.416 e. The second kappa shape index (κ2) is 7.18. The first-order valence-corrected chi connectivity index (χ1v) is 7.60. The number of hydrogen-bond acceptors (Lipinski definition) is 2. The molecule has 0 aromatic heterocycles. The van der Waals surface area contributed by atoms with E-state index in [1.807, 2.05) is 0 Å². The van der Waals surface area contributed by atoms with Gasteiger partial charge in [-0.1, -0.05) is 36.2 Å². The molecule has 0 unspecified atom stereocenters. The molecule has 0 saturated heterocycles. The summed E-state index contributed by atoms with van der Waals surface area (Å²) in [5.74, 6) is 0. The van der Waals surface area contributed by atoms with Crippen molar-refractivity contribution in [1.29, 1.82) is 0 Å². The molecule has 0 radical (unpaired) electrons. The van der Waals surface area contributed by atoms with Gasteiger partial charge in [0.25, 0.3) is 0 Å². The van der Waals surface area contributed by atoms with E-state index in [0.717, 1.165) is 43.7 Å². The van der Waals surface area contributed by atoms with Gasteiger partial charge in [-0.2, -0.15) is 13.2 Å². The molecule has 0 heterocycles. The van der Waals surface area contributed by atoms with Gasteiger partial charge in [0.1, 0.15) is 5.17 Å². The summed E-state index contributed by atoms with van der Waals surface area (Å²) in [6.07, 6.45) is 0.164. The molecular weight excluding hydrogens is 313 g/mol. The fourth-order valence-corrected chi connectivity index (χ4v) is 2.80. The standard InChI is InChI=1S/C16H18ClF3N2/c17-15(12-7-2-1-3-9-14(12)21)22-10-11-6-4-5-8-13(11)16(18,19)20/h4-6,8H,1-3,7,9-10,21H2. The molecule has 0 saturated carbocycles. The average Bonchev–Trinajstić information content (AvgIpc) is 2.69. The van der Waals surface area contributed by atoms with E-state index in [-0.39, 0.29) is 17.3 Å². The van der Waals surface area contributed by atoms with Crippen LogP contribution in [0, 0.1) is 0 Å². The van der Waals surface area contributed by atoms with E-state index in [4.69, 9.17) is 17.3 Å². The molecule has 120 valence electrons. The highest BCUT2D eigenvalue weighted by molar-refractivity contribution is 6.69. The highest BCUT2D eigenvalue weighted by Gasteiger charge is 2.32. The lowest BCUT2D eigenvalue weighted by molar-refractivity contribution is -0.138. The van der Waals surface area contributed by atoms with Crippen LogP contribution in [0.25, 0.3) is 0 Å². The number of aliphatic imine (C=N–C) groups is 1. The van der Waals surface area contributed by atoms with Crippen molar-refractivity contribution in [3.05, 3.63) is 46.7 Å². The van der Waals surface area contributed by atoms with Crippen LogP contribution in [0.15, 0.2) is 40.5 Å². The van der Waals surface area contributed by atoms with E-state index >= 15 is 0 Å². The quantitative estimate of drug-likeness (QED) is 0.776. The molecule has 6 heteroatoms. The van der Waals surface area contributed by atoms with E-state index < -0.39 is 11.7 Å². The summed E-state index contributed by atoms with van der Waals surface area (Å²) >= 11 is 6.17. The van der Waals surface area contributed by atoms with Crippen LogP contribution in [0.1, 0.15) is 43.2 Å². The minimum absolute atomic E-state index is 0.106. The SMILES string of the molecule is NC1=C(C(Cl)=NCc2ccccc2C(F)(F)F)CCCCC1. The zero-order chi connectivity index (χ0) is 16.2. The van der Waals surface area contributed by atoms with Crippen molar-refractivity contribution in [2.75, 3.05) is 0 Å². The van der Waals surface area contributed by atoms with Crippen LogP contribution in [0.5, 0.6) is 0 Å². The van der Waals surface area contributed by atoms with Crippen LogP contribution in [0.4, 0.5) is 13.2 Å². The molecule has 1 aromatic rings. The maximum atomic E-state index is 12.9. The minimum atomic E-state index is -4.39. The number of alkyl halides is 3. The average molecular weight is 331 g/mol. The topological polar surface area (TPSA) is 38.4 Å². The summed E-state index contributed by atoms with van der Waals surface area (Å²) in [7, 11) is 0. The minimum Gasteiger partial charge on any atom is -0.402 e. The van der Waals surface area contributed by atoms with Gasteiger partial charge in [0, 0.05) is 11.3 Å². The molecule has 0 fully saturated rings. The fourth-order valence-electron chi connectivity index (χ4n) is 2.53. The Labute approximate surface area is 132 Å². The summed E-state index contributed by atoms with van der Waals surface area (Å²) in [5, 5.41) is 0.233. The Hall–Kier alpha value is -1.49. The Balaban J connectivity index is 2.21. The second-order valence-corrected chi connectivity index (χ2v) is 5.68. The van der Waals surface area contributed by atoms with Crippen molar-refractivity contribution >= 4 is 16.8 Å². The molecular formula is C16H18ClF3N2. The van der Waals surface area contributed by atoms with Gasteiger partial charge in [0.2, 0.25) is 0 Å². The third-order valence-corrected chi connectivity index (χ3v) is 4.07. The maximum Gasteiger partial charge on any atom is 0.416 e. The normalized spacial score (nSPS) is 17.5. The predicted molar refractivity (Wildman–Crippen MR) is 82.7 cm³/mol. The Morgan fingerprint density at radius 1 is 1.14 bits per heavy atom. The smallest absolute Gasteiger partial charge is 0.402 e. The molecule has 2 nitrogen and oxygen atoms in total. The molecule has 0 aliphatic heterocycles. The van der Waals surface area contributed by atoms with Crippen molar-refractivity contribution in [2.24, 2.45) is 10.7 Å². The number of nitrogens with zero attached hydrogens (tertiary/aromatic N) is 1. The van der Waals surface area contributed by atoms with Crippen LogP contribution in [0.2, 0.25) is 0 Å². The van der Waals surface area contributed by atoms with Gasteiger partial charge < -0.3 is 5.73 Å². The highest BCUT2D eigenvalue weighted by atomic mass is 35.5. The van der Waals surface area contributed by atoms with Crippen molar-refractivity contribution in [3.63, 3.8) is 0 Å². The van der Waals surface area contributed by atoms with Crippen LogP contribution in [-0.4, -0.2) is 5.17 Å². The molecule has 22 heavy (non-hydrogen) atoms. The van der Waals surface area contributed by atoms with E-state index in [1.165, 1.54) is 12.1 Å². The Morgan fingerprint density at radius 3 is 2.55 bits per heavy atom. The predicted octanol–water partition coefficient (Wildman–Crippen LogP) is 5.02. The third-order valence-electron chi connectivity index (χ3n) is 3.72. The number of nitrogens with two attached hydrogens (primary N) is 1. The summed E-state index contributed by atoms with van der Waals surface area (Å²) in [6.45, 7) is -0.106. The number of rotatable bonds is 3. The van der Waals surface area contributed by atoms with Crippen LogP contribution in [0.3, 0.4) is 0 Å². The van der Waals surface area contributed by atoms with Crippen LogP contribution < -0.4 is 5.73 Å². The molecule has 1 aromatic carbocycles. The van der Waals surface area contributed by atoms with E-state index in [9.17, 15) is 13.2 Å². The van der Waals surface area contributed by atoms with Gasteiger partial charge in [-0.3, -0.25) is 4.99 Å². The van der Waals surface area contributed by atoms with Crippen LogP contribution >= 0.6 is 11.6 Å². The molecule has 2 N–H and O–H groups in total. The first-order chi connectivity index (χ1) is 10.4. The first-order valence-electron chi connectivity index (χ1n) is 7.22. The van der Waals surface area contributed by atoms with Gasteiger partial charge in [-0.25, -0.2) is 0 Å². The molecule has 2 rings (SSSR count). The van der Waals surface area contributed by atoms with Gasteiger partial charge in [-0.15, -0.1) is 0 Å². The number of allylic oxidation sites excluding steroid dienone is 2. The van der Waals surface area contributed by atoms with Crippen molar-refractivity contribution in [3.8, 4) is 0 Å². The van der Waals surface area contributed by atoms with Gasteiger partial charge >= 0.3 is 6.18 Å². The molecule has 0 amide bonds. The first kappa shape index (κ1) is 16.9. The number of hydrogen-bond donors (Lipinski definition) is 1. The zero-order valence-corrected chi connectivity index (χ0v) is 12.8. The summed E-state index contributed by atoms with van der Waals surface area (Å²) in [4.78, 5) is 4.13. The van der Waals surface area contributed by atoms with Crippen molar-refractivity contribution in [2.45, 2.75) is 44.8 Å². The van der Waals surface area contributed by atoms with E-state index in [2.05, 4.69) is 4.99 Å². The lowest BCUT2D eigenvalue weighted by Crippen LogP contribution is -2.10. The summed E-state index contributed by atoms with van der Waals surface area (Å²) in [5.41, 5.74) is 6.90. The monoisotopic (exact) mass is 330 g/mol. The van der Waals surface area contributed by atoms with Gasteiger partial charge in [0.15, 0.2) is 0 Å². The zero-order valence-electron chi connectivity index (χ0n) is 12.1. The lowest BCUT2D eigenvalue weighted by atomic mass is 10.1. The van der Waals surface area contributed by atoms with Crippen LogP contribution in [-0.2, 0) is 12.7 Å². The van der Waals surface area contributed by atoms with Gasteiger partial charge in [0.05, 0.1) is 12.1 Å². The number of benzene rings is 1. The maximum absolute atomic E-state index is 12.9. The fraction of sp³-hybridized carbons (Fsp3) is 0.438. The van der Waals surface area contributed by atoms with Gasteiger partial charge in [-0.05, 0) is 37.3 Å². The Morgan fingerprint density at radius 2 is 1.82 bits per heavy atom. The summed E-state index contributed by atoms with van der Waals surface area (Å²) in [6, 6.07) is 5.40. The lowest BCUT2D eigenvalue weighted by Gasteiger charge is -2.12. The van der Waals surface area contributed by atoms with Crippen molar-refractivity contribution in [1.82, 2.24) is 0 Å². The molecule has 0 spiro atoms. The Bertz CT molecular complexity index is 591. The summed E-state index contributed by atoms with van der Waals surface area (Å²) < 4.78 is 38.8. The van der Waals surface area contributed by atoms with E-state index in [0.29, 0.717) is 5.70 Å². The number of halogens is 4. The molecule has 0 bridgehead atoms. The second-order valence-electron chi connectivity index (χ2n) is 5.33. The highest BCUT2D eigenvalue weighted by Crippen LogP contribution is 2.32.